The van der Waals surface area contributed by atoms with Crippen molar-refractivity contribution in [3.8, 4) is 6.07 Å². The molecule has 7 nitrogen and oxygen atoms in total. The predicted molar refractivity (Wildman–Crippen MR) is 113 cm³/mol. The van der Waals surface area contributed by atoms with Gasteiger partial charge in [0.05, 0.1) is 37.2 Å². The highest BCUT2D eigenvalue weighted by atomic mass is 16.3. The third-order valence-corrected chi connectivity index (χ3v) is 7.42. The zero-order chi connectivity index (χ0) is 20.7. The van der Waals surface area contributed by atoms with E-state index >= 15 is 0 Å². The number of hydrogen-bond donors (Lipinski definition) is 2. The van der Waals surface area contributed by atoms with E-state index in [9.17, 15) is 15.2 Å². The Morgan fingerprint density at radius 3 is 2.50 bits per heavy atom. The first-order valence-corrected chi connectivity index (χ1v) is 11.2. The average molecular weight is 410 g/mol. The van der Waals surface area contributed by atoms with Crippen LogP contribution in [0.25, 0.3) is 0 Å². The molecule has 4 fully saturated rings. The van der Waals surface area contributed by atoms with Crippen molar-refractivity contribution in [3.05, 3.63) is 35.9 Å². The van der Waals surface area contributed by atoms with Gasteiger partial charge in [-0.05, 0) is 24.8 Å². The lowest BCUT2D eigenvalue weighted by atomic mass is 9.83. The first-order valence-electron chi connectivity index (χ1n) is 11.2. The number of benzene rings is 1. The monoisotopic (exact) mass is 409 g/mol. The molecule has 5 rings (SSSR count). The van der Waals surface area contributed by atoms with Gasteiger partial charge in [-0.15, -0.1) is 0 Å². The molecule has 0 spiro atoms. The summed E-state index contributed by atoms with van der Waals surface area (Å²) >= 11 is 0. The fraction of sp³-hybridized carbons (Fsp3) is 0.652. The zero-order valence-corrected chi connectivity index (χ0v) is 17.4. The largest absolute Gasteiger partial charge is 0.389 e. The first kappa shape index (κ1) is 19.8. The Labute approximate surface area is 178 Å². The van der Waals surface area contributed by atoms with E-state index in [1.165, 1.54) is 12.0 Å². The smallest absolute Gasteiger partial charge is 0.320 e. The van der Waals surface area contributed by atoms with E-state index in [-0.39, 0.29) is 17.7 Å². The lowest BCUT2D eigenvalue weighted by Crippen LogP contribution is -2.74. The van der Waals surface area contributed by atoms with Crippen molar-refractivity contribution < 1.29 is 9.90 Å². The molecule has 1 unspecified atom stereocenters. The van der Waals surface area contributed by atoms with Crippen LogP contribution in [0.1, 0.15) is 37.2 Å². The molecular weight excluding hydrogens is 378 g/mol. The molecule has 4 aliphatic rings. The summed E-state index contributed by atoms with van der Waals surface area (Å²) in [7, 11) is 0. The molecule has 1 aliphatic carbocycles. The number of carbonyl (C=O) groups excluding carboxylic acids is 1. The number of likely N-dealkylation sites (tertiary alicyclic amines) is 3. The number of hydrogen-bond acceptors (Lipinski definition) is 5. The second-order valence-electron chi connectivity index (χ2n) is 9.54. The van der Waals surface area contributed by atoms with Crippen molar-refractivity contribution in [2.75, 3.05) is 39.3 Å². The fourth-order valence-electron chi connectivity index (χ4n) is 5.45. The number of rotatable bonds is 5. The number of aliphatic hydroxyl groups excluding tert-OH is 1. The quantitative estimate of drug-likeness (QED) is 0.767. The number of amides is 2. The zero-order valence-electron chi connectivity index (χ0n) is 17.4. The topological polar surface area (TPSA) is 82.8 Å². The Kier molecular flexibility index (Phi) is 5.18. The number of piperidine rings is 1. The molecule has 160 valence electrons. The Morgan fingerprint density at radius 2 is 1.87 bits per heavy atom. The summed E-state index contributed by atoms with van der Waals surface area (Å²) in [5.41, 5.74) is 1.25. The number of nitrogens with one attached hydrogen (secondary N) is 1. The molecule has 30 heavy (non-hydrogen) atoms. The summed E-state index contributed by atoms with van der Waals surface area (Å²) in [6.45, 7) is 4.08. The van der Waals surface area contributed by atoms with E-state index in [2.05, 4.69) is 46.6 Å². The van der Waals surface area contributed by atoms with Crippen LogP contribution in [-0.2, 0) is 0 Å². The van der Waals surface area contributed by atoms with Gasteiger partial charge in [-0.3, -0.25) is 4.90 Å². The van der Waals surface area contributed by atoms with Crippen molar-refractivity contribution in [2.24, 2.45) is 0 Å². The van der Waals surface area contributed by atoms with Gasteiger partial charge in [-0.25, -0.2) is 4.79 Å². The average Bonchev–Trinajstić information content (AvgIpc) is 3.48. The minimum atomic E-state index is -0.376. The van der Waals surface area contributed by atoms with Crippen LogP contribution in [0.3, 0.4) is 0 Å². The van der Waals surface area contributed by atoms with E-state index in [4.69, 9.17) is 0 Å². The van der Waals surface area contributed by atoms with Crippen molar-refractivity contribution in [2.45, 2.75) is 55.3 Å². The van der Waals surface area contributed by atoms with Crippen LogP contribution in [-0.4, -0.2) is 88.8 Å². The number of nitrogens with zero attached hydrogens (tertiary/aromatic N) is 4. The number of β-amino-alcohol motifs (C(OH)–C–C–N with tert-alkyl or cyclic N) is 1. The van der Waals surface area contributed by atoms with Gasteiger partial charge in [-0.1, -0.05) is 30.3 Å². The van der Waals surface area contributed by atoms with Gasteiger partial charge in [-0.2, -0.15) is 5.26 Å². The van der Waals surface area contributed by atoms with Crippen LogP contribution >= 0.6 is 0 Å². The number of carbonyl (C=O) groups is 1. The standard InChI is InChI=1S/C23H31N5O2/c24-9-8-23(15-27(16-23)22(30)26-13-19(29)14-26)28-10-6-18(7-11-28)25-21-12-20(21)17-4-2-1-3-5-17/h1-5,18-21,25,29H,6-8,10-16H2/t20?,21-/m1/s1. The molecule has 2 amide bonds. The number of aliphatic hydroxyl groups is 1. The van der Waals surface area contributed by atoms with Crippen molar-refractivity contribution in [1.82, 2.24) is 20.0 Å². The van der Waals surface area contributed by atoms with Gasteiger partial charge in [0.25, 0.3) is 0 Å². The summed E-state index contributed by atoms with van der Waals surface area (Å²) in [4.78, 5) is 18.5. The lowest BCUT2D eigenvalue weighted by Gasteiger charge is -2.57. The van der Waals surface area contributed by atoms with Crippen molar-refractivity contribution in [1.29, 1.82) is 5.26 Å². The molecule has 0 bridgehead atoms. The SMILES string of the molecule is N#CCC1(N2CCC(N[C@@H]3CC3c3ccccc3)CC2)CN(C(=O)N2CC(O)C2)C1. The molecule has 3 saturated heterocycles. The third kappa shape index (κ3) is 3.68. The highest BCUT2D eigenvalue weighted by molar-refractivity contribution is 5.76. The maximum absolute atomic E-state index is 12.5. The van der Waals surface area contributed by atoms with Gasteiger partial charge in [0.1, 0.15) is 0 Å². The van der Waals surface area contributed by atoms with E-state index in [1.54, 1.807) is 4.90 Å². The Balaban J connectivity index is 1.10. The van der Waals surface area contributed by atoms with Crippen LogP contribution in [0.2, 0.25) is 0 Å². The highest BCUT2D eigenvalue weighted by Crippen LogP contribution is 2.42. The number of urea groups is 1. The predicted octanol–water partition coefficient (Wildman–Crippen LogP) is 1.36. The lowest BCUT2D eigenvalue weighted by molar-refractivity contribution is -0.0606. The second-order valence-corrected chi connectivity index (χ2v) is 9.54. The van der Waals surface area contributed by atoms with Gasteiger partial charge >= 0.3 is 6.03 Å². The first-order chi connectivity index (χ1) is 14.6. The van der Waals surface area contributed by atoms with Gasteiger partial charge in [0.2, 0.25) is 0 Å². The summed E-state index contributed by atoms with van der Waals surface area (Å²) in [5.74, 6) is 0.653. The summed E-state index contributed by atoms with van der Waals surface area (Å²) in [6.07, 6.45) is 3.51. The molecule has 2 atom stereocenters. The van der Waals surface area contributed by atoms with Crippen molar-refractivity contribution >= 4 is 6.03 Å². The Hall–Kier alpha value is -2.14. The molecule has 1 aromatic carbocycles. The molecule has 3 heterocycles. The molecule has 1 aromatic rings. The van der Waals surface area contributed by atoms with E-state index < -0.39 is 0 Å². The molecule has 0 aromatic heterocycles. The maximum atomic E-state index is 12.5. The maximum Gasteiger partial charge on any atom is 0.320 e. The van der Waals surface area contributed by atoms with Crippen LogP contribution < -0.4 is 5.32 Å². The van der Waals surface area contributed by atoms with Crippen LogP contribution in [0.15, 0.2) is 30.3 Å². The minimum Gasteiger partial charge on any atom is -0.389 e. The van der Waals surface area contributed by atoms with E-state index in [0.29, 0.717) is 50.6 Å². The van der Waals surface area contributed by atoms with Crippen LogP contribution in [0, 0.1) is 11.3 Å². The van der Waals surface area contributed by atoms with Crippen molar-refractivity contribution in [3.63, 3.8) is 0 Å². The second kappa shape index (κ2) is 7.84. The minimum absolute atomic E-state index is 0.00565. The Bertz CT molecular complexity index is 805. The molecular formula is C23H31N5O2. The molecule has 1 saturated carbocycles. The molecule has 0 radical (unpaired) electrons. The van der Waals surface area contributed by atoms with Gasteiger partial charge in [0, 0.05) is 44.2 Å². The van der Waals surface area contributed by atoms with Crippen LogP contribution in [0.5, 0.6) is 0 Å². The molecule has 2 N–H and O–H groups in total. The van der Waals surface area contributed by atoms with Crippen LogP contribution in [0.4, 0.5) is 4.79 Å². The summed E-state index contributed by atoms with van der Waals surface area (Å²) < 4.78 is 0. The molecule has 7 heteroatoms. The van der Waals surface area contributed by atoms with E-state index in [1.807, 2.05) is 4.90 Å². The normalized spacial score (nSPS) is 29.1. The summed E-state index contributed by atoms with van der Waals surface area (Å²) in [6, 6.07) is 14.3. The number of nitriles is 1. The van der Waals surface area contributed by atoms with E-state index in [0.717, 1.165) is 25.9 Å². The highest BCUT2D eigenvalue weighted by Gasteiger charge is 2.51. The van der Waals surface area contributed by atoms with Gasteiger partial charge in [0.15, 0.2) is 0 Å². The Morgan fingerprint density at radius 1 is 1.17 bits per heavy atom. The van der Waals surface area contributed by atoms with Gasteiger partial charge < -0.3 is 20.2 Å². The summed E-state index contributed by atoms with van der Waals surface area (Å²) in [5, 5.41) is 22.7. The molecule has 3 aliphatic heterocycles. The fourth-order valence-corrected chi connectivity index (χ4v) is 5.45. The third-order valence-electron chi connectivity index (χ3n) is 7.42.